The smallest absolute Gasteiger partial charge is 0.264 e. The lowest BCUT2D eigenvalue weighted by atomic mass is 9.91. The molecular formula is C41H33N5O3S2. The number of hydrogen-bond acceptors (Lipinski definition) is 6. The van der Waals surface area contributed by atoms with Crippen LogP contribution in [0.5, 0.6) is 0 Å². The normalized spacial score (nSPS) is 11.4. The summed E-state index contributed by atoms with van der Waals surface area (Å²) in [4.78, 5) is 18.6. The highest BCUT2D eigenvalue weighted by atomic mass is 32.2. The van der Waals surface area contributed by atoms with E-state index in [0.29, 0.717) is 34.9 Å². The van der Waals surface area contributed by atoms with Crippen LogP contribution in [0.15, 0.2) is 157 Å². The van der Waals surface area contributed by atoms with Crippen molar-refractivity contribution in [2.45, 2.75) is 23.9 Å². The number of benzene rings is 5. The monoisotopic (exact) mass is 707 g/mol. The standard InChI is InChI=1S/C41H33N5O3S2/c42-24-30-16-18-31(19-17-30)27-45-29-43-25-36(45)28-46(51(48,49)37-14-8-3-9-15-37)35-20-21-39-34(22-35)23-40(50-39)41(47)44-26-38(32-10-4-1-5-11-32)33-12-6-2-7-13-33/h1-23,25,29,38H,26-28H2,(H,44,47). The molecule has 7 rings (SSSR count). The van der Waals surface area contributed by atoms with E-state index in [9.17, 15) is 18.5 Å². The van der Waals surface area contributed by atoms with Crippen molar-refractivity contribution in [1.82, 2.24) is 14.9 Å². The largest absolute Gasteiger partial charge is 0.350 e. The first-order valence-electron chi connectivity index (χ1n) is 16.4. The summed E-state index contributed by atoms with van der Waals surface area (Å²) in [5.74, 6) is -0.200. The number of anilines is 1. The molecule has 5 aromatic carbocycles. The number of nitrogens with zero attached hydrogens (tertiary/aromatic N) is 4. The maximum absolute atomic E-state index is 14.2. The van der Waals surface area contributed by atoms with Crippen LogP contribution in [0.25, 0.3) is 10.1 Å². The van der Waals surface area contributed by atoms with Crippen molar-refractivity contribution in [1.29, 1.82) is 5.26 Å². The number of carbonyl (C=O) groups is 1. The van der Waals surface area contributed by atoms with E-state index in [1.807, 2.05) is 71.3 Å². The van der Waals surface area contributed by atoms with E-state index >= 15 is 0 Å². The van der Waals surface area contributed by atoms with E-state index in [-0.39, 0.29) is 23.3 Å². The number of thiophene rings is 1. The van der Waals surface area contributed by atoms with Crippen LogP contribution in [-0.2, 0) is 23.1 Å². The van der Waals surface area contributed by atoms with Gasteiger partial charge in [0.15, 0.2) is 0 Å². The molecule has 2 heterocycles. The molecule has 0 saturated carbocycles. The number of nitrogens with one attached hydrogen (secondary N) is 1. The Morgan fingerprint density at radius 1 is 0.843 bits per heavy atom. The van der Waals surface area contributed by atoms with Gasteiger partial charge in [0.25, 0.3) is 15.9 Å². The molecule has 7 aromatic rings. The Kier molecular flexibility index (Phi) is 9.74. The molecule has 2 aromatic heterocycles. The molecule has 252 valence electrons. The molecule has 0 aliphatic heterocycles. The average Bonchev–Trinajstić information content (AvgIpc) is 3.81. The fraction of sp³-hybridized carbons (Fsp3) is 0.0976. The van der Waals surface area contributed by atoms with Crippen LogP contribution in [-0.4, -0.2) is 30.4 Å². The third-order valence-corrected chi connectivity index (χ3v) is 11.7. The van der Waals surface area contributed by atoms with Gasteiger partial charge < -0.3 is 9.88 Å². The lowest BCUT2D eigenvalue weighted by Gasteiger charge is -2.25. The van der Waals surface area contributed by atoms with Gasteiger partial charge in [0.2, 0.25) is 0 Å². The van der Waals surface area contributed by atoms with Crippen molar-refractivity contribution in [2.24, 2.45) is 0 Å². The second kappa shape index (κ2) is 14.8. The number of nitriles is 1. The topological polar surface area (TPSA) is 108 Å². The molecule has 0 fully saturated rings. The van der Waals surface area contributed by atoms with Crippen LogP contribution < -0.4 is 9.62 Å². The van der Waals surface area contributed by atoms with Gasteiger partial charge in [-0.1, -0.05) is 91.0 Å². The van der Waals surface area contributed by atoms with Gasteiger partial charge in [0.1, 0.15) is 0 Å². The number of carbonyl (C=O) groups excluding carboxylic acids is 1. The van der Waals surface area contributed by atoms with Gasteiger partial charge in [-0.25, -0.2) is 13.4 Å². The van der Waals surface area contributed by atoms with Gasteiger partial charge in [-0.15, -0.1) is 11.3 Å². The fourth-order valence-corrected chi connectivity index (χ4v) is 8.47. The highest BCUT2D eigenvalue weighted by Gasteiger charge is 2.27. The fourth-order valence-electron chi connectivity index (χ4n) is 6.06. The molecule has 0 atom stereocenters. The number of sulfonamides is 1. The lowest BCUT2D eigenvalue weighted by molar-refractivity contribution is 0.0956. The molecular weight excluding hydrogens is 675 g/mol. The maximum Gasteiger partial charge on any atom is 0.264 e. The number of imidazole rings is 1. The molecule has 0 spiro atoms. The average molecular weight is 708 g/mol. The van der Waals surface area contributed by atoms with Crippen LogP contribution in [0.3, 0.4) is 0 Å². The van der Waals surface area contributed by atoms with Crippen molar-refractivity contribution in [2.75, 3.05) is 10.8 Å². The van der Waals surface area contributed by atoms with Gasteiger partial charge in [-0.3, -0.25) is 9.10 Å². The van der Waals surface area contributed by atoms with Crippen molar-refractivity contribution >= 4 is 43.0 Å². The van der Waals surface area contributed by atoms with Crippen molar-refractivity contribution in [3.05, 3.63) is 185 Å². The summed E-state index contributed by atoms with van der Waals surface area (Å²) in [7, 11) is -4.00. The molecule has 1 amide bonds. The molecule has 1 N–H and O–H groups in total. The van der Waals surface area contributed by atoms with Crippen LogP contribution in [0, 0.1) is 11.3 Å². The maximum atomic E-state index is 14.2. The predicted octanol–water partition coefficient (Wildman–Crippen LogP) is 7.98. The molecule has 0 aliphatic rings. The molecule has 0 radical (unpaired) electrons. The number of fused-ring (bicyclic) bond motifs is 1. The van der Waals surface area contributed by atoms with Crippen LogP contribution in [0.1, 0.15) is 43.5 Å². The van der Waals surface area contributed by atoms with Crippen LogP contribution >= 0.6 is 11.3 Å². The van der Waals surface area contributed by atoms with E-state index in [2.05, 4.69) is 40.6 Å². The predicted molar refractivity (Wildman–Crippen MR) is 201 cm³/mol. The molecule has 51 heavy (non-hydrogen) atoms. The number of aromatic nitrogens is 2. The van der Waals surface area contributed by atoms with Crippen LogP contribution in [0.2, 0.25) is 0 Å². The van der Waals surface area contributed by atoms with E-state index in [1.165, 1.54) is 15.6 Å². The minimum Gasteiger partial charge on any atom is -0.350 e. The summed E-state index contributed by atoms with van der Waals surface area (Å²) in [6.45, 7) is 0.903. The first-order chi connectivity index (χ1) is 24.9. The Hall–Kier alpha value is -6.02. The highest BCUT2D eigenvalue weighted by molar-refractivity contribution is 7.92. The highest BCUT2D eigenvalue weighted by Crippen LogP contribution is 2.33. The van der Waals surface area contributed by atoms with E-state index in [0.717, 1.165) is 26.8 Å². The molecule has 0 bridgehead atoms. The molecule has 0 aliphatic carbocycles. The zero-order chi connectivity index (χ0) is 35.2. The van der Waals surface area contributed by atoms with Gasteiger partial charge in [-0.05, 0) is 70.6 Å². The van der Waals surface area contributed by atoms with Gasteiger partial charge >= 0.3 is 0 Å². The first kappa shape index (κ1) is 33.5. The Balaban J connectivity index is 1.17. The summed E-state index contributed by atoms with van der Waals surface area (Å²) in [6.07, 6.45) is 3.34. The Bertz CT molecular complexity index is 2380. The SMILES string of the molecule is N#Cc1ccc(Cn2cncc2CN(c2ccc3sc(C(=O)NCC(c4ccccc4)c4ccccc4)cc3c2)S(=O)(=O)c2ccccc2)cc1. The molecule has 0 unspecified atom stereocenters. The quantitative estimate of drug-likeness (QED) is 0.139. The Morgan fingerprint density at radius 2 is 1.49 bits per heavy atom. The van der Waals surface area contributed by atoms with E-state index in [4.69, 9.17) is 0 Å². The zero-order valence-corrected chi connectivity index (χ0v) is 29.1. The van der Waals surface area contributed by atoms with Crippen molar-refractivity contribution in [3.8, 4) is 6.07 Å². The van der Waals surface area contributed by atoms with E-state index < -0.39 is 10.0 Å². The minimum atomic E-state index is -4.00. The zero-order valence-electron chi connectivity index (χ0n) is 27.5. The second-order valence-corrected chi connectivity index (χ2v) is 15.0. The van der Waals surface area contributed by atoms with Crippen molar-refractivity contribution < 1.29 is 13.2 Å². The molecule has 0 saturated heterocycles. The third-order valence-electron chi connectivity index (χ3n) is 8.75. The summed E-state index contributed by atoms with van der Waals surface area (Å²) >= 11 is 1.37. The number of hydrogen-bond donors (Lipinski definition) is 1. The summed E-state index contributed by atoms with van der Waals surface area (Å²) in [6, 6.07) is 45.3. The van der Waals surface area contributed by atoms with Gasteiger partial charge in [-0.2, -0.15) is 5.26 Å². The second-order valence-electron chi connectivity index (χ2n) is 12.1. The summed E-state index contributed by atoms with van der Waals surface area (Å²) < 4.78 is 32.6. The Labute approximate surface area is 300 Å². The molecule has 10 heteroatoms. The summed E-state index contributed by atoms with van der Waals surface area (Å²) in [5.41, 5.74) is 4.91. The lowest BCUT2D eigenvalue weighted by Crippen LogP contribution is -2.31. The van der Waals surface area contributed by atoms with Gasteiger partial charge in [0, 0.05) is 29.9 Å². The Morgan fingerprint density at radius 3 is 2.14 bits per heavy atom. The third kappa shape index (κ3) is 7.45. The molecule has 8 nitrogen and oxygen atoms in total. The van der Waals surface area contributed by atoms with Crippen molar-refractivity contribution in [3.63, 3.8) is 0 Å². The van der Waals surface area contributed by atoms with E-state index in [1.54, 1.807) is 61.1 Å². The number of rotatable bonds is 12. The van der Waals surface area contributed by atoms with Crippen LogP contribution in [0.4, 0.5) is 5.69 Å². The first-order valence-corrected chi connectivity index (χ1v) is 18.6. The van der Waals surface area contributed by atoms with Gasteiger partial charge in [0.05, 0.1) is 45.7 Å². The number of amides is 1. The summed E-state index contributed by atoms with van der Waals surface area (Å²) in [5, 5.41) is 13.1. The minimum absolute atomic E-state index is 0.0144.